The summed E-state index contributed by atoms with van der Waals surface area (Å²) in [5.41, 5.74) is -2.44. The van der Waals surface area contributed by atoms with Gasteiger partial charge in [-0.3, -0.25) is 4.79 Å². The lowest BCUT2D eigenvalue weighted by atomic mass is 10.1. The molecule has 128 valence electrons. The number of hydrogen-bond acceptors (Lipinski definition) is 4. The van der Waals surface area contributed by atoms with Gasteiger partial charge in [0, 0.05) is 17.8 Å². The molecule has 2 rings (SSSR count). The van der Waals surface area contributed by atoms with Crippen molar-refractivity contribution in [2.45, 2.75) is 12.7 Å². The maximum Gasteiger partial charge on any atom is 0.416 e. The number of aromatic hydroxyl groups is 1. The number of aromatic nitrogens is 1. The normalized spacial score (nSPS) is 11.4. The second kappa shape index (κ2) is 6.34. The average molecular weight is 345 g/mol. The molecule has 0 fully saturated rings. The Morgan fingerprint density at radius 3 is 2.50 bits per heavy atom. The predicted molar refractivity (Wildman–Crippen MR) is 74.2 cm³/mol. The van der Waals surface area contributed by atoms with Gasteiger partial charge in [0.25, 0.3) is 5.56 Å². The predicted octanol–water partition coefficient (Wildman–Crippen LogP) is 2.55. The molecule has 0 radical (unpaired) electrons. The van der Waals surface area contributed by atoms with E-state index in [4.69, 9.17) is 0 Å². The Kier molecular flexibility index (Phi) is 4.63. The molecule has 0 amide bonds. The lowest BCUT2D eigenvalue weighted by molar-refractivity contribution is -0.137. The topological polar surface area (TPSA) is 68.5 Å². The maximum absolute atomic E-state index is 13.8. The van der Waals surface area contributed by atoms with Gasteiger partial charge in [-0.15, -0.1) is 0 Å². The highest BCUT2D eigenvalue weighted by molar-refractivity contribution is 5.91. The quantitative estimate of drug-likeness (QED) is 0.686. The molecule has 1 aromatic carbocycles. The Morgan fingerprint density at radius 1 is 1.29 bits per heavy atom. The van der Waals surface area contributed by atoms with Crippen LogP contribution < -0.4 is 5.56 Å². The number of nitrogens with zero attached hydrogens (tertiary/aromatic N) is 1. The summed E-state index contributed by atoms with van der Waals surface area (Å²) in [5, 5.41) is 9.55. The number of benzene rings is 1. The van der Waals surface area contributed by atoms with E-state index >= 15 is 0 Å². The fraction of sp³-hybridized carbons (Fsp3) is 0.200. The fourth-order valence-corrected chi connectivity index (χ4v) is 1.99. The summed E-state index contributed by atoms with van der Waals surface area (Å²) in [6.07, 6.45) is -3.74. The number of carbonyl (C=O) groups is 1. The number of esters is 1. The molecular weight excluding hydrogens is 334 g/mol. The van der Waals surface area contributed by atoms with Crippen molar-refractivity contribution >= 4 is 5.97 Å². The van der Waals surface area contributed by atoms with Gasteiger partial charge >= 0.3 is 12.1 Å². The zero-order valence-electron chi connectivity index (χ0n) is 12.2. The van der Waals surface area contributed by atoms with Crippen LogP contribution >= 0.6 is 0 Å². The van der Waals surface area contributed by atoms with Gasteiger partial charge < -0.3 is 14.4 Å². The zero-order valence-corrected chi connectivity index (χ0v) is 12.2. The third kappa shape index (κ3) is 3.55. The summed E-state index contributed by atoms with van der Waals surface area (Å²) in [4.78, 5) is 23.3. The number of alkyl halides is 3. The number of ether oxygens (including phenoxy) is 1. The molecule has 1 aromatic heterocycles. The molecule has 0 aliphatic carbocycles. The number of halogens is 4. The highest BCUT2D eigenvalue weighted by Gasteiger charge is 2.31. The Hall–Kier alpha value is -2.84. The first-order chi connectivity index (χ1) is 11.1. The molecule has 9 heteroatoms. The molecule has 1 heterocycles. The van der Waals surface area contributed by atoms with E-state index in [1.807, 2.05) is 0 Å². The van der Waals surface area contributed by atoms with Gasteiger partial charge in [0.1, 0.15) is 17.1 Å². The van der Waals surface area contributed by atoms with Gasteiger partial charge in [-0.25, -0.2) is 9.18 Å². The van der Waals surface area contributed by atoms with Crippen molar-refractivity contribution in [2.75, 3.05) is 7.11 Å². The van der Waals surface area contributed by atoms with Crippen molar-refractivity contribution in [2.24, 2.45) is 0 Å². The van der Waals surface area contributed by atoms with Crippen molar-refractivity contribution in [3.8, 4) is 5.75 Å². The van der Waals surface area contributed by atoms with Crippen molar-refractivity contribution in [1.82, 2.24) is 4.57 Å². The van der Waals surface area contributed by atoms with Crippen molar-refractivity contribution in [3.05, 3.63) is 63.3 Å². The zero-order chi connectivity index (χ0) is 18.1. The first-order valence-corrected chi connectivity index (χ1v) is 6.51. The molecule has 5 nitrogen and oxygen atoms in total. The molecule has 0 saturated heterocycles. The van der Waals surface area contributed by atoms with Gasteiger partial charge in [0.2, 0.25) is 0 Å². The Labute approximate surface area is 132 Å². The Bertz CT molecular complexity index is 842. The lowest BCUT2D eigenvalue weighted by Crippen LogP contribution is -2.22. The van der Waals surface area contributed by atoms with Crippen LogP contribution in [0.4, 0.5) is 17.6 Å². The molecule has 0 saturated carbocycles. The largest absolute Gasteiger partial charge is 0.507 e. The van der Waals surface area contributed by atoms with E-state index in [1.54, 1.807) is 0 Å². The van der Waals surface area contributed by atoms with Crippen LogP contribution in [0, 0.1) is 5.82 Å². The van der Waals surface area contributed by atoms with E-state index in [1.165, 1.54) is 0 Å². The van der Waals surface area contributed by atoms with Crippen LogP contribution in [0.3, 0.4) is 0 Å². The highest BCUT2D eigenvalue weighted by Crippen LogP contribution is 2.30. The SMILES string of the molecule is COC(=O)c1cn(Cc2ccc(C(F)(F)F)cc2F)c(=O)cc1O. The van der Waals surface area contributed by atoms with Gasteiger partial charge in [0.15, 0.2) is 0 Å². The summed E-state index contributed by atoms with van der Waals surface area (Å²) in [7, 11) is 1.06. The number of rotatable bonds is 3. The van der Waals surface area contributed by atoms with Crippen molar-refractivity contribution < 1.29 is 32.2 Å². The molecular formula is C15H11F4NO4. The minimum Gasteiger partial charge on any atom is -0.507 e. The van der Waals surface area contributed by atoms with Gasteiger partial charge in [0.05, 0.1) is 19.2 Å². The fourth-order valence-electron chi connectivity index (χ4n) is 1.99. The third-order valence-electron chi connectivity index (χ3n) is 3.23. The summed E-state index contributed by atoms with van der Waals surface area (Å²) in [6.45, 7) is -0.424. The monoisotopic (exact) mass is 345 g/mol. The summed E-state index contributed by atoms with van der Waals surface area (Å²) < 4.78 is 56.7. The van der Waals surface area contributed by atoms with Crippen LogP contribution in [0.2, 0.25) is 0 Å². The lowest BCUT2D eigenvalue weighted by Gasteiger charge is -2.12. The van der Waals surface area contributed by atoms with Crippen LogP contribution in [-0.2, 0) is 17.5 Å². The van der Waals surface area contributed by atoms with Crippen molar-refractivity contribution in [3.63, 3.8) is 0 Å². The molecule has 24 heavy (non-hydrogen) atoms. The third-order valence-corrected chi connectivity index (χ3v) is 3.23. The number of carbonyl (C=O) groups excluding carboxylic acids is 1. The van der Waals surface area contributed by atoms with Gasteiger partial charge in [-0.1, -0.05) is 6.07 Å². The van der Waals surface area contributed by atoms with E-state index in [2.05, 4.69) is 4.74 Å². The van der Waals surface area contributed by atoms with Crippen molar-refractivity contribution in [1.29, 1.82) is 0 Å². The van der Waals surface area contributed by atoms with E-state index in [0.29, 0.717) is 12.1 Å². The average Bonchev–Trinajstić information content (AvgIpc) is 2.49. The molecule has 0 aliphatic rings. The van der Waals surface area contributed by atoms with Crippen LogP contribution in [0.5, 0.6) is 5.75 Å². The number of pyridine rings is 1. The first-order valence-electron chi connectivity index (χ1n) is 6.51. The highest BCUT2D eigenvalue weighted by atomic mass is 19.4. The van der Waals surface area contributed by atoms with Crippen LogP contribution in [-0.4, -0.2) is 22.8 Å². The van der Waals surface area contributed by atoms with E-state index < -0.39 is 41.4 Å². The minimum atomic E-state index is -4.69. The Morgan fingerprint density at radius 2 is 1.96 bits per heavy atom. The molecule has 2 aromatic rings. The summed E-state index contributed by atoms with van der Waals surface area (Å²) in [6, 6.07) is 2.64. The second-order valence-corrected chi connectivity index (χ2v) is 4.83. The van der Waals surface area contributed by atoms with Crippen LogP contribution in [0.25, 0.3) is 0 Å². The molecule has 0 spiro atoms. The van der Waals surface area contributed by atoms with Crippen LogP contribution in [0.1, 0.15) is 21.5 Å². The number of hydrogen-bond donors (Lipinski definition) is 1. The minimum absolute atomic E-state index is 0.188. The Balaban J connectivity index is 2.42. The smallest absolute Gasteiger partial charge is 0.416 e. The molecule has 0 atom stereocenters. The summed E-state index contributed by atoms with van der Waals surface area (Å²) in [5.74, 6) is -2.69. The van der Waals surface area contributed by atoms with Gasteiger partial charge in [-0.05, 0) is 12.1 Å². The number of methoxy groups -OCH3 is 1. The maximum atomic E-state index is 13.8. The molecule has 0 bridgehead atoms. The molecule has 0 unspecified atom stereocenters. The standard InChI is InChI=1S/C15H11F4NO4/c1-24-14(23)10-7-20(13(22)5-12(10)21)6-8-2-3-9(4-11(8)16)15(17,18)19/h2-5,7,21H,6H2,1H3. The first kappa shape index (κ1) is 17.5. The molecule has 0 aliphatic heterocycles. The van der Waals surface area contributed by atoms with E-state index in [-0.39, 0.29) is 11.1 Å². The van der Waals surface area contributed by atoms with E-state index in [9.17, 15) is 32.3 Å². The van der Waals surface area contributed by atoms with Gasteiger partial charge in [-0.2, -0.15) is 13.2 Å². The second-order valence-electron chi connectivity index (χ2n) is 4.83. The summed E-state index contributed by atoms with van der Waals surface area (Å²) >= 11 is 0. The van der Waals surface area contributed by atoms with Crippen LogP contribution in [0.15, 0.2) is 35.3 Å². The molecule has 1 N–H and O–H groups in total. The van der Waals surface area contributed by atoms with E-state index in [0.717, 1.165) is 30.0 Å².